The average Bonchev–Trinajstić information content (AvgIpc) is 2.76. The molecular weight excluding hydrogens is 260 g/mol. The normalized spacial score (nSPS) is 10.1. The minimum Gasteiger partial charge on any atom is -0.383 e. The van der Waals surface area contributed by atoms with Gasteiger partial charge in [-0.2, -0.15) is 0 Å². The number of thiophene rings is 1. The third kappa shape index (κ3) is 2.43. The maximum absolute atomic E-state index is 11.7. The molecule has 17 heavy (non-hydrogen) atoms. The van der Waals surface area contributed by atoms with Crippen molar-refractivity contribution >= 4 is 41.0 Å². The van der Waals surface area contributed by atoms with Gasteiger partial charge in [0.2, 0.25) is 0 Å². The second kappa shape index (κ2) is 4.52. The Bertz CT molecular complexity index is 656. The molecule has 2 aromatic rings. The number of rotatable bonds is 2. The number of carbonyl (C=O) groups excluding carboxylic acids is 1. The lowest BCUT2D eigenvalue weighted by Crippen LogP contribution is -2.22. The summed E-state index contributed by atoms with van der Waals surface area (Å²) in [6.45, 7) is 0. The summed E-state index contributed by atoms with van der Waals surface area (Å²) in [4.78, 5) is 28.6. The third-order valence-electron chi connectivity index (χ3n) is 1.96. The molecule has 0 aliphatic rings. The predicted molar refractivity (Wildman–Crippen MR) is 68.9 cm³/mol. The monoisotopic (exact) mass is 268 g/mol. The highest BCUT2D eigenvalue weighted by Crippen LogP contribution is 2.13. The zero-order chi connectivity index (χ0) is 12.4. The molecule has 88 valence electrons. The Morgan fingerprint density at radius 1 is 1.47 bits per heavy atom. The van der Waals surface area contributed by atoms with Crippen molar-refractivity contribution in [1.82, 2.24) is 9.97 Å². The summed E-state index contributed by atoms with van der Waals surface area (Å²) in [5.41, 5.74) is 5.01. The van der Waals surface area contributed by atoms with Crippen molar-refractivity contribution in [2.75, 3.05) is 11.1 Å². The number of hydrogen-bond acceptors (Lipinski definition) is 5. The van der Waals surface area contributed by atoms with Crippen molar-refractivity contribution < 1.29 is 4.79 Å². The number of nitrogens with one attached hydrogen (secondary N) is 3. The molecule has 0 unspecified atom stereocenters. The van der Waals surface area contributed by atoms with E-state index < -0.39 is 5.56 Å². The highest BCUT2D eigenvalue weighted by atomic mass is 32.1. The van der Waals surface area contributed by atoms with Crippen LogP contribution in [0.5, 0.6) is 0 Å². The summed E-state index contributed by atoms with van der Waals surface area (Å²) in [5, 5.41) is 4.20. The van der Waals surface area contributed by atoms with Crippen LogP contribution in [0.25, 0.3) is 0 Å². The van der Waals surface area contributed by atoms with E-state index in [-0.39, 0.29) is 22.2 Å². The van der Waals surface area contributed by atoms with E-state index in [1.165, 1.54) is 11.3 Å². The van der Waals surface area contributed by atoms with Gasteiger partial charge in [0.1, 0.15) is 11.5 Å². The molecule has 2 aromatic heterocycles. The zero-order valence-electron chi connectivity index (χ0n) is 8.44. The summed E-state index contributed by atoms with van der Waals surface area (Å²) >= 11 is 6.01. The van der Waals surface area contributed by atoms with E-state index in [0.717, 1.165) is 0 Å². The fourth-order valence-corrected chi connectivity index (χ4v) is 2.03. The van der Waals surface area contributed by atoms with Crippen molar-refractivity contribution in [2.24, 2.45) is 0 Å². The topological polar surface area (TPSA) is 104 Å². The minimum absolute atomic E-state index is 0.0306. The van der Waals surface area contributed by atoms with E-state index in [4.69, 9.17) is 18.0 Å². The van der Waals surface area contributed by atoms with E-state index in [9.17, 15) is 9.59 Å². The van der Waals surface area contributed by atoms with Gasteiger partial charge in [0.15, 0.2) is 4.77 Å². The Morgan fingerprint density at radius 2 is 2.24 bits per heavy atom. The largest absolute Gasteiger partial charge is 0.383 e. The van der Waals surface area contributed by atoms with Gasteiger partial charge in [0.05, 0.1) is 4.88 Å². The number of anilines is 2. The van der Waals surface area contributed by atoms with Gasteiger partial charge < -0.3 is 16.0 Å². The van der Waals surface area contributed by atoms with E-state index in [0.29, 0.717) is 4.88 Å². The van der Waals surface area contributed by atoms with E-state index in [1.54, 1.807) is 17.5 Å². The molecule has 0 fully saturated rings. The van der Waals surface area contributed by atoms with Crippen molar-refractivity contribution in [1.29, 1.82) is 0 Å². The van der Waals surface area contributed by atoms with Crippen LogP contribution < -0.4 is 16.6 Å². The van der Waals surface area contributed by atoms with Crippen LogP contribution in [-0.4, -0.2) is 15.9 Å². The van der Waals surface area contributed by atoms with Crippen LogP contribution in [0.2, 0.25) is 0 Å². The maximum Gasteiger partial charge on any atom is 0.277 e. The van der Waals surface area contributed by atoms with Crippen LogP contribution in [0.15, 0.2) is 22.3 Å². The first-order chi connectivity index (χ1) is 8.08. The maximum atomic E-state index is 11.7. The summed E-state index contributed by atoms with van der Waals surface area (Å²) in [5.74, 6) is -0.355. The van der Waals surface area contributed by atoms with E-state index in [1.807, 2.05) is 0 Å². The Labute approximate surface area is 105 Å². The number of aromatic amines is 2. The Morgan fingerprint density at radius 3 is 2.82 bits per heavy atom. The molecule has 2 rings (SSSR count). The van der Waals surface area contributed by atoms with Crippen molar-refractivity contribution in [3.63, 3.8) is 0 Å². The molecule has 0 radical (unpaired) electrons. The molecule has 5 N–H and O–H groups in total. The second-order valence-corrected chi connectivity index (χ2v) is 4.48. The Balaban J connectivity index is 2.35. The molecule has 1 amide bonds. The lowest BCUT2D eigenvalue weighted by atomic mass is 10.4. The van der Waals surface area contributed by atoms with Crippen LogP contribution in [-0.2, 0) is 0 Å². The predicted octanol–water partition coefficient (Wildman–Crippen LogP) is 1.33. The zero-order valence-corrected chi connectivity index (χ0v) is 10.1. The SMILES string of the molecule is Nc1[nH]c(=S)[nH]c(=O)c1NC(=O)c1cccs1. The molecule has 8 heteroatoms. The molecular formula is C9H8N4O2S2. The van der Waals surface area contributed by atoms with Crippen LogP contribution in [0, 0.1) is 4.77 Å². The highest BCUT2D eigenvalue weighted by Gasteiger charge is 2.12. The standard InChI is InChI=1S/C9H8N4O2S2/c10-6-5(8(15)13-9(16)12-6)11-7(14)4-2-1-3-17-4/h1-3H,(H,11,14)(H4,10,12,13,15,16). The smallest absolute Gasteiger partial charge is 0.277 e. The number of nitrogen functional groups attached to an aromatic ring is 1. The van der Waals surface area contributed by atoms with E-state index in [2.05, 4.69) is 15.3 Å². The minimum atomic E-state index is -0.531. The molecule has 0 spiro atoms. The summed E-state index contributed by atoms with van der Waals surface area (Å²) in [6.07, 6.45) is 0. The lowest BCUT2D eigenvalue weighted by Gasteiger charge is -2.05. The summed E-state index contributed by atoms with van der Waals surface area (Å²) in [6, 6.07) is 3.39. The first-order valence-electron chi connectivity index (χ1n) is 4.55. The van der Waals surface area contributed by atoms with Crippen molar-refractivity contribution in [3.05, 3.63) is 37.5 Å². The van der Waals surface area contributed by atoms with Gasteiger partial charge in [0.25, 0.3) is 11.5 Å². The molecule has 0 atom stereocenters. The Kier molecular flexibility index (Phi) is 3.07. The second-order valence-electron chi connectivity index (χ2n) is 3.13. The average molecular weight is 268 g/mol. The third-order valence-corrected chi connectivity index (χ3v) is 3.03. The Hall–Kier alpha value is -1.93. The molecule has 0 aliphatic heterocycles. The number of amides is 1. The van der Waals surface area contributed by atoms with Gasteiger partial charge in [0, 0.05) is 0 Å². The number of carbonyl (C=O) groups is 1. The van der Waals surface area contributed by atoms with Crippen molar-refractivity contribution in [2.45, 2.75) is 0 Å². The van der Waals surface area contributed by atoms with Crippen LogP contribution in [0.3, 0.4) is 0 Å². The van der Waals surface area contributed by atoms with Crippen LogP contribution in [0.1, 0.15) is 9.67 Å². The van der Waals surface area contributed by atoms with Gasteiger partial charge in [-0.15, -0.1) is 11.3 Å². The molecule has 0 aromatic carbocycles. The number of H-pyrrole nitrogens is 2. The molecule has 0 saturated carbocycles. The van der Waals surface area contributed by atoms with Gasteiger partial charge in [-0.05, 0) is 23.7 Å². The fourth-order valence-electron chi connectivity index (χ4n) is 1.21. The van der Waals surface area contributed by atoms with Crippen molar-refractivity contribution in [3.8, 4) is 0 Å². The van der Waals surface area contributed by atoms with Crippen LogP contribution in [0.4, 0.5) is 11.5 Å². The van der Waals surface area contributed by atoms with Gasteiger partial charge in [-0.1, -0.05) is 6.07 Å². The van der Waals surface area contributed by atoms with E-state index >= 15 is 0 Å². The fraction of sp³-hybridized carbons (Fsp3) is 0. The quantitative estimate of drug-likeness (QED) is 0.617. The summed E-state index contributed by atoms with van der Waals surface area (Å²) in [7, 11) is 0. The summed E-state index contributed by atoms with van der Waals surface area (Å²) < 4.78 is 0.113. The molecule has 0 aliphatic carbocycles. The first kappa shape index (κ1) is 11.6. The molecule has 2 heterocycles. The van der Waals surface area contributed by atoms with Gasteiger partial charge >= 0.3 is 0 Å². The van der Waals surface area contributed by atoms with Gasteiger partial charge in [-0.25, -0.2) is 0 Å². The first-order valence-corrected chi connectivity index (χ1v) is 5.83. The number of aromatic nitrogens is 2. The molecule has 6 nitrogen and oxygen atoms in total. The molecule has 0 saturated heterocycles. The molecule has 0 bridgehead atoms. The van der Waals surface area contributed by atoms with Crippen LogP contribution >= 0.6 is 23.6 Å². The lowest BCUT2D eigenvalue weighted by molar-refractivity contribution is 0.103. The highest BCUT2D eigenvalue weighted by molar-refractivity contribution is 7.71. The van der Waals surface area contributed by atoms with Gasteiger partial charge in [-0.3, -0.25) is 14.6 Å². The number of hydrogen-bond donors (Lipinski definition) is 4. The number of nitrogens with two attached hydrogens (primary N) is 1.